The molecule has 0 aliphatic carbocycles. The lowest BCUT2D eigenvalue weighted by atomic mass is 10.00. The number of fused-ring (bicyclic) bond motifs is 3. The molecular weight excluding hydrogens is 468 g/mol. The highest BCUT2D eigenvalue weighted by Gasteiger charge is 2.18. The summed E-state index contributed by atoms with van der Waals surface area (Å²) in [6.45, 7) is 11.5. The van der Waals surface area contributed by atoms with E-state index in [1.54, 1.807) is 25.6 Å². The molecule has 0 spiro atoms. The van der Waals surface area contributed by atoms with Crippen LogP contribution in [-0.2, 0) is 9.47 Å². The second-order valence-corrected chi connectivity index (χ2v) is 9.09. The van der Waals surface area contributed by atoms with E-state index >= 15 is 0 Å². The van der Waals surface area contributed by atoms with Gasteiger partial charge in [0.2, 0.25) is 5.95 Å². The van der Waals surface area contributed by atoms with Crippen LogP contribution in [0.1, 0.15) is 22.8 Å². The second kappa shape index (κ2) is 10.6. The smallest absolute Gasteiger partial charge is 0.250 e. The number of hydrogen-bond acceptors (Lipinski definition) is 7. The summed E-state index contributed by atoms with van der Waals surface area (Å²) in [6.07, 6.45) is 3.56. The van der Waals surface area contributed by atoms with Crippen molar-refractivity contribution in [2.75, 3.05) is 58.0 Å². The quantitative estimate of drug-likeness (QED) is 0.361. The zero-order valence-electron chi connectivity index (χ0n) is 21.3. The predicted molar refractivity (Wildman–Crippen MR) is 147 cm³/mol. The number of nitrogens with two attached hydrogens (primary N) is 1. The molecule has 2 aromatic heterocycles. The maximum Gasteiger partial charge on any atom is 0.250 e. The number of likely N-dealkylation sites (N-methyl/N-ethyl adjacent to an activating group) is 1. The molecule has 1 saturated heterocycles. The van der Waals surface area contributed by atoms with Gasteiger partial charge in [0.05, 0.1) is 30.9 Å². The molecule has 0 unspecified atom stereocenters. The maximum atomic E-state index is 12.5. The van der Waals surface area contributed by atoms with E-state index in [0.29, 0.717) is 37.9 Å². The highest BCUT2D eigenvalue weighted by molar-refractivity contribution is 6.16. The molecule has 2 aromatic carbocycles. The van der Waals surface area contributed by atoms with Crippen molar-refractivity contribution in [1.29, 1.82) is 0 Å². The van der Waals surface area contributed by atoms with Gasteiger partial charge in [-0.25, -0.2) is 9.97 Å². The number of morpholine rings is 1. The molecule has 5 rings (SSSR count). The molecule has 4 aromatic rings. The number of nitrogens with one attached hydrogen (secondary N) is 1. The van der Waals surface area contributed by atoms with Crippen LogP contribution in [0.2, 0.25) is 0 Å². The molecule has 9 nitrogen and oxygen atoms in total. The molecule has 0 atom stereocenters. The van der Waals surface area contributed by atoms with Crippen LogP contribution in [0.5, 0.6) is 0 Å². The molecule has 1 amide bonds. The lowest BCUT2D eigenvalue weighted by Gasteiger charge is -2.30. The van der Waals surface area contributed by atoms with E-state index in [2.05, 4.69) is 57.6 Å². The molecule has 1 aliphatic rings. The van der Waals surface area contributed by atoms with Gasteiger partial charge in [-0.3, -0.25) is 4.79 Å². The van der Waals surface area contributed by atoms with Gasteiger partial charge in [0.1, 0.15) is 0 Å². The number of H-pyrrole nitrogens is 1. The fourth-order valence-electron chi connectivity index (χ4n) is 4.80. The zero-order chi connectivity index (χ0) is 25.9. The highest BCUT2D eigenvalue weighted by Crippen LogP contribution is 2.34. The van der Waals surface area contributed by atoms with E-state index in [9.17, 15) is 4.79 Å². The summed E-state index contributed by atoms with van der Waals surface area (Å²) < 4.78 is 10.7. The SMILES string of the molecule is C=C(c1ccc2c(c1)[nH]c1c(C(N)=O)cc(-c3cnc(N(CC)CCOC)nc3)cc12)N1CCOCC1. The maximum absolute atomic E-state index is 12.5. The van der Waals surface area contributed by atoms with Crippen molar-refractivity contribution in [2.24, 2.45) is 5.73 Å². The second-order valence-electron chi connectivity index (χ2n) is 9.09. The van der Waals surface area contributed by atoms with Crippen LogP contribution in [0.25, 0.3) is 38.6 Å². The summed E-state index contributed by atoms with van der Waals surface area (Å²) >= 11 is 0. The first-order chi connectivity index (χ1) is 18.0. The first-order valence-corrected chi connectivity index (χ1v) is 12.5. The number of aromatic amines is 1. The van der Waals surface area contributed by atoms with Crippen LogP contribution in [-0.4, -0.2) is 78.9 Å². The Hall–Kier alpha value is -3.95. The van der Waals surface area contributed by atoms with Crippen LogP contribution in [0.4, 0.5) is 5.95 Å². The Balaban J connectivity index is 1.53. The van der Waals surface area contributed by atoms with Crippen molar-refractivity contribution in [2.45, 2.75) is 6.92 Å². The normalized spacial score (nSPS) is 13.8. The summed E-state index contributed by atoms with van der Waals surface area (Å²) in [4.78, 5) is 29.3. The number of carbonyl (C=O) groups excluding carboxylic acids is 1. The van der Waals surface area contributed by atoms with Crippen molar-refractivity contribution in [1.82, 2.24) is 19.9 Å². The third-order valence-corrected chi connectivity index (χ3v) is 6.90. The number of nitrogens with zero attached hydrogens (tertiary/aromatic N) is 4. The summed E-state index contributed by atoms with van der Waals surface area (Å²) in [5.41, 5.74) is 11.5. The minimum Gasteiger partial charge on any atom is -0.383 e. The summed E-state index contributed by atoms with van der Waals surface area (Å²) in [5, 5.41) is 1.93. The van der Waals surface area contributed by atoms with Gasteiger partial charge in [0.25, 0.3) is 5.91 Å². The topological polar surface area (TPSA) is 110 Å². The van der Waals surface area contributed by atoms with Gasteiger partial charge >= 0.3 is 0 Å². The van der Waals surface area contributed by atoms with Crippen LogP contribution >= 0.6 is 0 Å². The Morgan fingerprint density at radius 1 is 1.16 bits per heavy atom. The molecule has 3 heterocycles. The minimum absolute atomic E-state index is 0.427. The number of carbonyl (C=O) groups is 1. The Labute approximate surface area is 215 Å². The number of ether oxygens (including phenoxy) is 2. The monoisotopic (exact) mass is 500 g/mol. The average Bonchev–Trinajstić information content (AvgIpc) is 3.31. The molecule has 192 valence electrons. The van der Waals surface area contributed by atoms with E-state index in [4.69, 9.17) is 15.2 Å². The van der Waals surface area contributed by atoms with Crippen molar-refractivity contribution >= 4 is 39.4 Å². The number of primary amides is 1. The fraction of sp³-hybridized carbons (Fsp3) is 0.321. The van der Waals surface area contributed by atoms with E-state index in [1.807, 2.05) is 4.90 Å². The van der Waals surface area contributed by atoms with Crippen molar-refractivity contribution < 1.29 is 14.3 Å². The molecular formula is C28H32N6O3. The fourth-order valence-corrected chi connectivity index (χ4v) is 4.80. The lowest BCUT2D eigenvalue weighted by molar-refractivity contribution is 0.0641. The third kappa shape index (κ3) is 4.87. The van der Waals surface area contributed by atoms with Crippen molar-refractivity contribution in [3.8, 4) is 11.1 Å². The van der Waals surface area contributed by atoms with E-state index in [-0.39, 0.29) is 0 Å². The first kappa shape index (κ1) is 24.7. The molecule has 0 saturated carbocycles. The molecule has 3 N–H and O–H groups in total. The van der Waals surface area contributed by atoms with Crippen LogP contribution in [0.15, 0.2) is 49.3 Å². The van der Waals surface area contributed by atoms with E-state index in [1.165, 1.54) is 0 Å². The third-order valence-electron chi connectivity index (χ3n) is 6.90. The number of amides is 1. The first-order valence-electron chi connectivity index (χ1n) is 12.5. The van der Waals surface area contributed by atoms with Crippen LogP contribution < -0.4 is 10.6 Å². The number of benzene rings is 2. The lowest BCUT2D eigenvalue weighted by Crippen LogP contribution is -2.34. The predicted octanol–water partition coefficient (Wildman–Crippen LogP) is 3.65. The van der Waals surface area contributed by atoms with Crippen molar-refractivity contribution in [3.05, 3.63) is 60.4 Å². The van der Waals surface area contributed by atoms with Crippen LogP contribution in [0, 0.1) is 0 Å². The molecule has 0 radical (unpaired) electrons. The van der Waals surface area contributed by atoms with E-state index in [0.717, 1.165) is 63.8 Å². The average molecular weight is 501 g/mol. The van der Waals surface area contributed by atoms with Gasteiger partial charge in [-0.15, -0.1) is 0 Å². The molecule has 9 heteroatoms. The summed E-state index contributed by atoms with van der Waals surface area (Å²) in [5.74, 6) is 0.144. The Morgan fingerprint density at radius 3 is 2.59 bits per heavy atom. The molecule has 37 heavy (non-hydrogen) atoms. The van der Waals surface area contributed by atoms with Gasteiger partial charge < -0.3 is 30.0 Å². The number of rotatable bonds is 9. The largest absolute Gasteiger partial charge is 0.383 e. The Kier molecular flexibility index (Phi) is 7.07. The summed E-state index contributed by atoms with van der Waals surface area (Å²) in [7, 11) is 1.68. The Morgan fingerprint density at radius 2 is 1.92 bits per heavy atom. The van der Waals surface area contributed by atoms with Crippen LogP contribution in [0.3, 0.4) is 0 Å². The Bertz CT molecular complexity index is 1440. The van der Waals surface area contributed by atoms with Gasteiger partial charge in [-0.2, -0.15) is 0 Å². The van der Waals surface area contributed by atoms with Gasteiger partial charge in [-0.1, -0.05) is 18.7 Å². The molecule has 1 aliphatic heterocycles. The minimum atomic E-state index is -0.495. The molecule has 1 fully saturated rings. The standard InChI is InChI=1S/C28H32N6O3/c1-4-33(7-10-36-3)28-30-16-21(17-31-28)20-13-23-22-6-5-19(18(2)34-8-11-37-12-9-34)15-25(22)32-26(23)24(14-20)27(29)35/h5-6,13-17,32H,2,4,7-12H2,1,3H3,(H2,29,35). The molecule has 0 bridgehead atoms. The number of methoxy groups -OCH3 is 1. The summed E-state index contributed by atoms with van der Waals surface area (Å²) in [6, 6.07) is 10.1. The number of hydrogen-bond donors (Lipinski definition) is 2. The van der Waals surface area contributed by atoms with E-state index < -0.39 is 5.91 Å². The van der Waals surface area contributed by atoms with Gasteiger partial charge in [0.15, 0.2) is 0 Å². The highest BCUT2D eigenvalue weighted by atomic mass is 16.5. The van der Waals surface area contributed by atoms with Crippen molar-refractivity contribution in [3.63, 3.8) is 0 Å². The number of anilines is 1. The van der Waals surface area contributed by atoms with Gasteiger partial charge in [0, 0.05) is 73.2 Å². The zero-order valence-corrected chi connectivity index (χ0v) is 21.3. The van der Waals surface area contributed by atoms with Gasteiger partial charge in [-0.05, 0) is 36.2 Å². The number of aromatic nitrogens is 3.